The van der Waals surface area contributed by atoms with E-state index in [1.807, 2.05) is 18.4 Å². The number of aromatic nitrogens is 1. The molecule has 0 amide bonds. The molecule has 1 aliphatic rings. The number of sulfonamides is 1. The summed E-state index contributed by atoms with van der Waals surface area (Å²) in [4.78, 5) is 1.52. The number of nitrogens with zero attached hydrogens (tertiary/aromatic N) is 2. The quantitative estimate of drug-likeness (QED) is 0.869. The van der Waals surface area contributed by atoms with Crippen molar-refractivity contribution in [2.75, 3.05) is 6.54 Å². The van der Waals surface area contributed by atoms with Crippen molar-refractivity contribution in [2.24, 2.45) is 0 Å². The molecule has 0 aromatic carbocycles. The van der Waals surface area contributed by atoms with E-state index in [0.717, 1.165) is 18.4 Å². The maximum atomic E-state index is 13.0. The first-order valence-electron chi connectivity index (χ1n) is 6.97. The molecule has 0 aliphatic carbocycles. The lowest BCUT2D eigenvalue weighted by molar-refractivity contribution is 0.302. The predicted molar refractivity (Wildman–Crippen MR) is 80.9 cm³/mol. The number of hydrogen-bond acceptors (Lipinski definition) is 5. The van der Waals surface area contributed by atoms with Gasteiger partial charge in [-0.2, -0.15) is 4.31 Å². The molecular formula is C14H18N2O3S2. The van der Waals surface area contributed by atoms with Crippen LogP contribution in [-0.2, 0) is 16.4 Å². The van der Waals surface area contributed by atoms with Gasteiger partial charge in [0.05, 0.1) is 6.04 Å². The molecular weight excluding hydrogens is 308 g/mol. The van der Waals surface area contributed by atoms with Crippen molar-refractivity contribution >= 4 is 21.4 Å². The Morgan fingerprint density at radius 2 is 2.24 bits per heavy atom. The average Bonchev–Trinajstić information content (AvgIpc) is 3.04. The summed E-state index contributed by atoms with van der Waals surface area (Å²) in [6.07, 6.45) is 1.53. The number of aryl methyl sites for hydroxylation is 2. The van der Waals surface area contributed by atoms with Gasteiger partial charge in [0.2, 0.25) is 10.0 Å². The fourth-order valence-corrected chi connectivity index (χ4v) is 5.95. The molecule has 0 bridgehead atoms. The summed E-state index contributed by atoms with van der Waals surface area (Å²) in [5, 5.41) is 5.82. The van der Waals surface area contributed by atoms with Gasteiger partial charge in [0.15, 0.2) is 5.76 Å². The van der Waals surface area contributed by atoms with Crippen LogP contribution in [0.2, 0.25) is 0 Å². The first-order chi connectivity index (χ1) is 9.96. The van der Waals surface area contributed by atoms with Crippen molar-refractivity contribution in [2.45, 2.75) is 44.6 Å². The second-order valence-corrected chi connectivity index (χ2v) is 8.07. The van der Waals surface area contributed by atoms with E-state index in [1.165, 1.54) is 4.88 Å². The van der Waals surface area contributed by atoms with Crippen molar-refractivity contribution in [3.63, 3.8) is 0 Å². The van der Waals surface area contributed by atoms with Gasteiger partial charge in [-0.3, -0.25) is 0 Å². The highest BCUT2D eigenvalue weighted by molar-refractivity contribution is 7.89. The molecule has 3 rings (SSSR count). The highest BCUT2D eigenvalue weighted by atomic mass is 32.2. The smallest absolute Gasteiger partial charge is 0.249 e. The molecule has 0 N–H and O–H groups in total. The summed E-state index contributed by atoms with van der Waals surface area (Å²) < 4.78 is 32.7. The molecule has 0 saturated carbocycles. The van der Waals surface area contributed by atoms with Crippen LogP contribution in [-0.4, -0.2) is 24.4 Å². The van der Waals surface area contributed by atoms with E-state index in [9.17, 15) is 8.42 Å². The maximum absolute atomic E-state index is 13.0. The highest BCUT2D eigenvalue weighted by Crippen LogP contribution is 2.39. The third-order valence-electron chi connectivity index (χ3n) is 3.97. The molecule has 114 valence electrons. The zero-order chi connectivity index (χ0) is 15.2. The van der Waals surface area contributed by atoms with Crippen molar-refractivity contribution in [3.05, 3.63) is 33.3 Å². The van der Waals surface area contributed by atoms with Gasteiger partial charge < -0.3 is 4.52 Å². The summed E-state index contributed by atoms with van der Waals surface area (Å²) in [6.45, 7) is 5.85. The van der Waals surface area contributed by atoms with Gasteiger partial charge in [0.25, 0.3) is 0 Å². The molecule has 1 aliphatic heterocycles. The van der Waals surface area contributed by atoms with E-state index in [2.05, 4.69) is 5.16 Å². The summed E-state index contributed by atoms with van der Waals surface area (Å²) in [6, 6.07) is 1.95. The Kier molecular flexibility index (Phi) is 3.67. The molecule has 0 fully saturated rings. The maximum Gasteiger partial charge on any atom is 0.249 e. The SMILES string of the molecule is CC[C@@H]1c2ccsc2CCN1S(=O)(=O)c1c(C)noc1C. The zero-order valence-electron chi connectivity index (χ0n) is 12.3. The number of rotatable bonds is 3. The molecule has 21 heavy (non-hydrogen) atoms. The lowest BCUT2D eigenvalue weighted by Gasteiger charge is -2.34. The summed E-state index contributed by atoms with van der Waals surface area (Å²) >= 11 is 1.71. The normalized spacial score (nSPS) is 19.7. The monoisotopic (exact) mass is 326 g/mol. The molecule has 0 unspecified atom stereocenters. The third kappa shape index (κ3) is 2.23. The van der Waals surface area contributed by atoms with Crippen LogP contribution >= 0.6 is 11.3 Å². The van der Waals surface area contributed by atoms with Crippen molar-refractivity contribution in [1.82, 2.24) is 9.46 Å². The second-order valence-electron chi connectivity index (χ2n) is 5.24. The molecule has 1 atom stereocenters. The van der Waals surface area contributed by atoms with Gasteiger partial charge in [-0.05, 0) is 43.7 Å². The molecule has 0 radical (unpaired) electrons. The minimum Gasteiger partial charge on any atom is -0.360 e. The van der Waals surface area contributed by atoms with E-state index in [4.69, 9.17) is 4.52 Å². The van der Waals surface area contributed by atoms with E-state index in [1.54, 1.807) is 29.5 Å². The van der Waals surface area contributed by atoms with Gasteiger partial charge in [-0.25, -0.2) is 8.42 Å². The van der Waals surface area contributed by atoms with Crippen molar-refractivity contribution < 1.29 is 12.9 Å². The van der Waals surface area contributed by atoms with Crippen LogP contribution in [0.25, 0.3) is 0 Å². The zero-order valence-corrected chi connectivity index (χ0v) is 13.9. The van der Waals surface area contributed by atoms with E-state index in [-0.39, 0.29) is 10.9 Å². The molecule has 7 heteroatoms. The van der Waals surface area contributed by atoms with E-state index < -0.39 is 10.0 Å². The first-order valence-corrected chi connectivity index (χ1v) is 9.29. The Balaban J connectivity index is 2.08. The lowest BCUT2D eigenvalue weighted by Crippen LogP contribution is -2.39. The minimum absolute atomic E-state index is 0.0984. The van der Waals surface area contributed by atoms with Gasteiger partial charge >= 0.3 is 0 Å². The Hall–Kier alpha value is -1.18. The molecule has 2 aromatic heterocycles. The summed E-state index contributed by atoms with van der Waals surface area (Å²) in [7, 11) is -3.58. The van der Waals surface area contributed by atoms with Crippen LogP contribution < -0.4 is 0 Å². The number of thiophene rings is 1. The van der Waals surface area contributed by atoms with Crippen LogP contribution in [0.5, 0.6) is 0 Å². The molecule has 3 heterocycles. The van der Waals surface area contributed by atoms with Gasteiger partial charge in [0, 0.05) is 11.4 Å². The third-order valence-corrected chi connectivity index (χ3v) is 7.12. The van der Waals surface area contributed by atoms with E-state index in [0.29, 0.717) is 18.0 Å². The number of hydrogen-bond donors (Lipinski definition) is 0. The second kappa shape index (κ2) is 5.23. The van der Waals surface area contributed by atoms with Crippen LogP contribution in [0.3, 0.4) is 0 Å². The van der Waals surface area contributed by atoms with E-state index >= 15 is 0 Å². The Labute approximate surface area is 128 Å². The van der Waals surface area contributed by atoms with Gasteiger partial charge in [-0.15, -0.1) is 11.3 Å². The van der Waals surface area contributed by atoms with Crippen LogP contribution in [0.15, 0.2) is 20.9 Å². The highest BCUT2D eigenvalue weighted by Gasteiger charge is 2.38. The molecule has 0 spiro atoms. The Morgan fingerprint density at radius 1 is 1.48 bits per heavy atom. The van der Waals surface area contributed by atoms with Crippen molar-refractivity contribution in [1.29, 1.82) is 0 Å². The summed E-state index contributed by atoms with van der Waals surface area (Å²) in [5.74, 6) is 0.360. The van der Waals surface area contributed by atoms with Crippen LogP contribution in [0.1, 0.15) is 41.3 Å². The van der Waals surface area contributed by atoms with Gasteiger partial charge in [0.1, 0.15) is 10.6 Å². The number of fused-ring (bicyclic) bond motifs is 1. The van der Waals surface area contributed by atoms with Gasteiger partial charge in [-0.1, -0.05) is 12.1 Å². The molecule has 2 aromatic rings. The average molecular weight is 326 g/mol. The largest absolute Gasteiger partial charge is 0.360 e. The fraction of sp³-hybridized carbons (Fsp3) is 0.500. The summed E-state index contributed by atoms with van der Waals surface area (Å²) in [5.41, 5.74) is 1.57. The topological polar surface area (TPSA) is 63.4 Å². The molecule has 0 saturated heterocycles. The standard InChI is InChI=1S/C14H18N2O3S2/c1-4-12-11-6-8-20-13(11)5-7-16(12)21(17,18)14-9(2)15-19-10(14)3/h6,8,12H,4-5,7H2,1-3H3/t12-/m1/s1. The minimum atomic E-state index is -3.58. The predicted octanol–water partition coefficient (Wildman–Crippen LogP) is 3.05. The Morgan fingerprint density at radius 3 is 2.86 bits per heavy atom. The first kappa shape index (κ1) is 14.7. The van der Waals surface area contributed by atoms with Crippen LogP contribution in [0.4, 0.5) is 0 Å². The van der Waals surface area contributed by atoms with Crippen LogP contribution in [0, 0.1) is 13.8 Å². The Bertz CT molecular complexity index is 742. The lowest BCUT2D eigenvalue weighted by atomic mass is 10.0. The molecule has 5 nitrogen and oxygen atoms in total. The fourth-order valence-electron chi connectivity index (χ4n) is 3.04. The van der Waals surface area contributed by atoms with Crippen molar-refractivity contribution in [3.8, 4) is 0 Å².